The molecule has 0 amide bonds. The van der Waals surface area contributed by atoms with E-state index in [9.17, 15) is 0 Å². The molecule has 2 atom stereocenters. The average molecular weight is 127 g/mol. The van der Waals surface area contributed by atoms with Crippen LogP contribution in [0.1, 0.15) is 13.8 Å². The van der Waals surface area contributed by atoms with E-state index in [2.05, 4.69) is 18.7 Å². The van der Waals surface area contributed by atoms with Crippen molar-refractivity contribution in [3.05, 3.63) is 0 Å². The molecule has 52 valence electrons. The van der Waals surface area contributed by atoms with Crippen LogP contribution in [0, 0.1) is 0 Å². The van der Waals surface area contributed by atoms with E-state index in [-0.39, 0.29) is 5.60 Å². The maximum Gasteiger partial charge on any atom is 0.106 e. The van der Waals surface area contributed by atoms with Gasteiger partial charge in [-0.3, -0.25) is 4.90 Å². The molecule has 2 unspecified atom stereocenters. The molecule has 0 aromatic heterocycles. The van der Waals surface area contributed by atoms with E-state index in [1.54, 1.807) is 0 Å². The molecule has 2 saturated heterocycles. The number of hydrogen-bond acceptors (Lipinski definition) is 2. The van der Waals surface area contributed by atoms with E-state index in [1.807, 2.05) is 0 Å². The summed E-state index contributed by atoms with van der Waals surface area (Å²) in [7, 11) is 0. The van der Waals surface area contributed by atoms with Crippen molar-refractivity contribution in [2.45, 2.75) is 25.6 Å². The molecule has 0 bridgehead atoms. The molecular formula is C7H13NO. The number of morpholine rings is 1. The standard InChI is InChI=1S/C7H13NO/c1-3-8-4-6-7(2,5-8)9-6/h6H,3-5H2,1-2H3. The van der Waals surface area contributed by atoms with Gasteiger partial charge in [-0.1, -0.05) is 6.92 Å². The van der Waals surface area contributed by atoms with Gasteiger partial charge in [0.2, 0.25) is 0 Å². The van der Waals surface area contributed by atoms with E-state index in [0.29, 0.717) is 6.10 Å². The molecule has 9 heavy (non-hydrogen) atoms. The molecule has 2 heterocycles. The van der Waals surface area contributed by atoms with Crippen molar-refractivity contribution in [1.29, 1.82) is 0 Å². The van der Waals surface area contributed by atoms with Crippen LogP contribution in [-0.2, 0) is 4.74 Å². The predicted octanol–water partition coefficient (Wildman–Crippen LogP) is 0.479. The smallest absolute Gasteiger partial charge is 0.106 e. The van der Waals surface area contributed by atoms with Crippen molar-refractivity contribution in [2.75, 3.05) is 19.6 Å². The van der Waals surface area contributed by atoms with Crippen molar-refractivity contribution >= 4 is 0 Å². The maximum absolute atomic E-state index is 5.43. The molecule has 0 radical (unpaired) electrons. The molecule has 2 heteroatoms. The Morgan fingerprint density at radius 2 is 2.56 bits per heavy atom. The van der Waals surface area contributed by atoms with Crippen molar-refractivity contribution in [3.8, 4) is 0 Å². The summed E-state index contributed by atoms with van der Waals surface area (Å²) in [5.74, 6) is 0. The molecule has 0 aromatic rings. The van der Waals surface area contributed by atoms with Gasteiger partial charge in [0.05, 0.1) is 0 Å². The van der Waals surface area contributed by atoms with E-state index >= 15 is 0 Å². The second-order valence-corrected chi connectivity index (χ2v) is 3.25. The van der Waals surface area contributed by atoms with Crippen LogP contribution < -0.4 is 0 Å². The highest BCUT2D eigenvalue weighted by atomic mass is 16.6. The Balaban J connectivity index is 1.98. The third-order valence-corrected chi connectivity index (χ3v) is 2.44. The largest absolute Gasteiger partial charge is 0.364 e. The van der Waals surface area contributed by atoms with Gasteiger partial charge in [0.1, 0.15) is 11.7 Å². The lowest BCUT2D eigenvalue weighted by molar-refractivity contribution is 0.175. The molecule has 2 fully saturated rings. The fraction of sp³-hybridized carbons (Fsp3) is 1.00. The lowest BCUT2D eigenvalue weighted by Gasteiger charge is -2.14. The summed E-state index contributed by atoms with van der Waals surface area (Å²) in [4.78, 5) is 2.44. The molecule has 0 N–H and O–H groups in total. The van der Waals surface area contributed by atoms with E-state index in [4.69, 9.17) is 4.74 Å². The average Bonchev–Trinajstić information content (AvgIpc) is 2.33. The zero-order chi connectivity index (χ0) is 6.48. The normalized spacial score (nSPS) is 49.3. The van der Waals surface area contributed by atoms with Gasteiger partial charge in [-0.2, -0.15) is 0 Å². The van der Waals surface area contributed by atoms with E-state index in [0.717, 1.165) is 13.1 Å². The highest BCUT2D eigenvalue weighted by Gasteiger charge is 2.58. The lowest BCUT2D eigenvalue weighted by Crippen LogP contribution is -2.26. The Bertz CT molecular complexity index is 137. The number of rotatable bonds is 1. The van der Waals surface area contributed by atoms with Crippen LogP contribution in [0.2, 0.25) is 0 Å². The molecular weight excluding hydrogens is 114 g/mol. The fourth-order valence-electron chi connectivity index (χ4n) is 1.64. The lowest BCUT2D eigenvalue weighted by atomic mass is 10.2. The first-order chi connectivity index (χ1) is 4.24. The van der Waals surface area contributed by atoms with Crippen LogP contribution in [0.4, 0.5) is 0 Å². The number of nitrogens with zero attached hydrogens (tertiary/aromatic N) is 1. The van der Waals surface area contributed by atoms with Crippen LogP contribution in [-0.4, -0.2) is 36.2 Å². The Hall–Kier alpha value is -0.0800. The Labute approximate surface area is 55.8 Å². The summed E-state index contributed by atoms with van der Waals surface area (Å²) < 4.78 is 5.43. The summed E-state index contributed by atoms with van der Waals surface area (Å²) in [5.41, 5.74) is 0.260. The summed E-state index contributed by atoms with van der Waals surface area (Å²) in [6, 6.07) is 0. The molecule has 2 rings (SSSR count). The molecule has 0 saturated carbocycles. The number of epoxide rings is 1. The minimum absolute atomic E-state index is 0.260. The van der Waals surface area contributed by atoms with Crippen molar-refractivity contribution in [1.82, 2.24) is 4.90 Å². The van der Waals surface area contributed by atoms with Crippen LogP contribution in [0.25, 0.3) is 0 Å². The monoisotopic (exact) mass is 127 g/mol. The molecule has 2 nitrogen and oxygen atoms in total. The van der Waals surface area contributed by atoms with Gasteiger partial charge >= 0.3 is 0 Å². The van der Waals surface area contributed by atoms with Crippen molar-refractivity contribution in [2.24, 2.45) is 0 Å². The minimum atomic E-state index is 0.260. The quantitative estimate of drug-likeness (QED) is 0.476. The predicted molar refractivity (Wildman–Crippen MR) is 35.4 cm³/mol. The van der Waals surface area contributed by atoms with Crippen LogP contribution in [0.15, 0.2) is 0 Å². The third-order valence-electron chi connectivity index (χ3n) is 2.44. The highest BCUT2D eigenvalue weighted by Crippen LogP contribution is 2.42. The number of hydrogen-bond donors (Lipinski definition) is 0. The number of likely N-dealkylation sites (tertiary alicyclic amines) is 1. The van der Waals surface area contributed by atoms with E-state index < -0.39 is 0 Å². The topological polar surface area (TPSA) is 15.8 Å². The first kappa shape index (κ1) is 5.69. The summed E-state index contributed by atoms with van der Waals surface area (Å²) >= 11 is 0. The molecule has 0 spiro atoms. The van der Waals surface area contributed by atoms with Gasteiger partial charge in [0.15, 0.2) is 0 Å². The van der Waals surface area contributed by atoms with Gasteiger partial charge < -0.3 is 4.74 Å². The number of ether oxygens (including phenoxy) is 1. The summed E-state index contributed by atoms with van der Waals surface area (Å²) in [6.45, 7) is 7.89. The molecule has 2 aliphatic heterocycles. The first-order valence-electron chi connectivity index (χ1n) is 3.65. The molecule has 0 aliphatic carbocycles. The number of fused-ring (bicyclic) bond motifs is 1. The maximum atomic E-state index is 5.43. The van der Waals surface area contributed by atoms with Gasteiger partial charge in [-0.05, 0) is 13.5 Å². The van der Waals surface area contributed by atoms with Crippen molar-refractivity contribution < 1.29 is 4.74 Å². The Morgan fingerprint density at radius 3 is 2.89 bits per heavy atom. The van der Waals surface area contributed by atoms with Gasteiger partial charge in [-0.25, -0.2) is 0 Å². The Morgan fingerprint density at radius 1 is 1.78 bits per heavy atom. The Kier molecular flexibility index (Phi) is 0.945. The molecule has 2 aliphatic rings. The van der Waals surface area contributed by atoms with E-state index in [1.165, 1.54) is 6.54 Å². The van der Waals surface area contributed by atoms with Gasteiger partial charge in [0.25, 0.3) is 0 Å². The van der Waals surface area contributed by atoms with Crippen LogP contribution in [0.3, 0.4) is 0 Å². The zero-order valence-electron chi connectivity index (χ0n) is 6.05. The van der Waals surface area contributed by atoms with Gasteiger partial charge in [0, 0.05) is 13.1 Å². The van der Waals surface area contributed by atoms with Crippen LogP contribution >= 0.6 is 0 Å². The molecule has 0 aromatic carbocycles. The summed E-state index contributed by atoms with van der Waals surface area (Å²) in [5, 5.41) is 0. The first-order valence-corrected chi connectivity index (χ1v) is 3.65. The van der Waals surface area contributed by atoms with Crippen molar-refractivity contribution in [3.63, 3.8) is 0 Å². The zero-order valence-corrected chi connectivity index (χ0v) is 6.05. The third kappa shape index (κ3) is 0.700. The minimum Gasteiger partial charge on any atom is -0.364 e. The number of likely N-dealkylation sites (N-methyl/N-ethyl adjacent to an activating group) is 1. The fourth-order valence-corrected chi connectivity index (χ4v) is 1.64. The second kappa shape index (κ2) is 1.50. The second-order valence-electron chi connectivity index (χ2n) is 3.25. The van der Waals surface area contributed by atoms with Crippen LogP contribution in [0.5, 0.6) is 0 Å². The SMILES string of the molecule is CCN1CC2OC2(C)C1. The van der Waals surface area contributed by atoms with Gasteiger partial charge in [-0.15, -0.1) is 0 Å². The summed E-state index contributed by atoms with van der Waals surface area (Å²) in [6.07, 6.45) is 0.567. The highest BCUT2D eigenvalue weighted by molar-refractivity contribution is 5.08.